The van der Waals surface area contributed by atoms with E-state index >= 15 is 0 Å². The van der Waals surface area contributed by atoms with Gasteiger partial charge in [-0.25, -0.2) is 9.97 Å². The van der Waals surface area contributed by atoms with Crippen molar-refractivity contribution in [3.05, 3.63) is 77.2 Å². The molecular formula is C21H20N6O. The van der Waals surface area contributed by atoms with Crippen LogP contribution in [0.5, 0.6) is 0 Å². The van der Waals surface area contributed by atoms with E-state index in [1.165, 1.54) is 6.33 Å². The van der Waals surface area contributed by atoms with Gasteiger partial charge in [-0.3, -0.25) is 9.48 Å². The van der Waals surface area contributed by atoms with Crippen molar-refractivity contribution >= 4 is 28.4 Å². The summed E-state index contributed by atoms with van der Waals surface area (Å²) in [5.41, 5.74) is 10.9. The molecule has 7 nitrogen and oxygen atoms in total. The Hall–Kier alpha value is -3.74. The highest BCUT2D eigenvalue weighted by molar-refractivity contribution is 6.04. The van der Waals surface area contributed by atoms with Crippen LogP contribution in [0.25, 0.3) is 11.0 Å². The van der Waals surface area contributed by atoms with Crippen LogP contribution in [-0.4, -0.2) is 25.7 Å². The molecule has 0 aliphatic rings. The van der Waals surface area contributed by atoms with E-state index in [2.05, 4.69) is 20.4 Å². The largest absolute Gasteiger partial charge is 0.383 e. The van der Waals surface area contributed by atoms with Crippen molar-refractivity contribution < 1.29 is 4.79 Å². The quantitative estimate of drug-likeness (QED) is 0.573. The second kappa shape index (κ2) is 7.11. The first-order valence-electron chi connectivity index (χ1n) is 8.90. The van der Waals surface area contributed by atoms with Gasteiger partial charge in [0.05, 0.1) is 11.1 Å². The summed E-state index contributed by atoms with van der Waals surface area (Å²) < 4.78 is 1.70. The lowest BCUT2D eigenvalue weighted by molar-refractivity contribution is 0.102. The van der Waals surface area contributed by atoms with Crippen molar-refractivity contribution in [3.63, 3.8) is 0 Å². The summed E-state index contributed by atoms with van der Waals surface area (Å²) in [5, 5.41) is 8.26. The number of nitrogens with zero attached hydrogens (tertiary/aromatic N) is 4. The molecule has 2 aromatic carbocycles. The van der Waals surface area contributed by atoms with E-state index in [-0.39, 0.29) is 5.91 Å². The number of nitrogens with two attached hydrogens (primary N) is 1. The summed E-state index contributed by atoms with van der Waals surface area (Å²) in [7, 11) is 1.83. The van der Waals surface area contributed by atoms with Gasteiger partial charge < -0.3 is 11.1 Å². The molecule has 0 radical (unpaired) electrons. The summed E-state index contributed by atoms with van der Waals surface area (Å²) in [5.74, 6) is 0.277. The van der Waals surface area contributed by atoms with Crippen LogP contribution in [0.3, 0.4) is 0 Å². The topological polar surface area (TPSA) is 98.7 Å². The first-order chi connectivity index (χ1) is 13.5. The summed E-state index contributed by atoms with van der Waals surface area (Å²) in [6, 6.07) is 15.2. The van der Waals surface area contributed by atoms with E-state index in [9.17, 15) is 4.79 Å². The zero-order chi connectivity index (χ0) is 19.7. The Balaban J connectivity index is 1.59. The minimum atomic E-state index is -0.137. The summed E-state index contributed by atoms with van der Waals surface area (Å²) in [6.45, 7) is 1.96. The van der Waals surface area contributed by atoms with Crippen molar-refractivity contribution in [3.8, 4) is 0 Å². The van der Waals surface area contributed by atoms with E-state index in [0.717, 1.165) is 27.9 Å². The second-order valence-electron chi connectivity index (χ2n) is 6.73. The van der Waals surface area contributed by atoms with Crippen molar-refractivity contribution in [2.24, 2.45) is 7.05 Å². The predicted molar refractivity (Wildman–Crippen MR) is 109 cm³/mol. The fourth-order valence-electron chi connectivity index (χ4n) is 3.26. The van der Waals surface area contributed by atoms with Gasteiger partial charge >= 0.3 is 0 Å². The molecule has 2 heterocycles. The lowest BCUT2D eigenvalue weighted by Crippen LogP contribution is -2.12. The highest BCUT2D eigenvalue weighted by Gasteiger charge is 2.14. The van der Waals surface area contributed by atoms with Gasteiger partial charge in [0.2, 0.25) is 0 Å². The first kappa shape index (κ1) is 17.7. The number of amides is 1. The van der Waals surface area contributed by atoms with Crippen molar-refractivity contribution in [1.29, 1.82) is 0 Å². The number of aromatic nitrogens is 4. The molecule has 4 aromatic rings. The zero-order valence-electron chi connectivity index (χ0n) is 15.7. The molecule has 0 spiro atoms. The van der Waals surface area contributed by atoms with Crippen molar-refractivity contribution in [1.82, 2.24) is 19.7 Å². The van der Waals surface area contributed by atoms with Gasteiger partial charge in [0.1, 0.15) is 12.1 Å². The number of carbonyl (C=O) groups is 1. The van der Waals surface area contributed by atoms with Crippen LogP contribution in [0.2, 0.25) is 0 Å². The van der Waals surface area contributed by atoms with Crippen LogP contribution in [0.1, 0.15) is 27.2 Å². The third-order valence-electron chi connectivity index (χ3n) is 4.56. The van der Waals surface area contributed by atoms with Gasteiger partial charge in [-0.2, -0.15) is 5.10 Å². The van der Waals surface area contributed by atoms with Crippen molar-refractivity contribution in [2.75, 3.05) is 11.1 Å². The number of nitrogens with one attached hydrogen (secondary N) is 1. The molecule has 0 unspecified atom stereocenters. The van der Waals surface area contributed by atoms with E-state index < -0.39 is 0 Å². The number of hydrogen-bond acceptors (Lipinski definition) is 5. The van der Waals surface area contributed by atoms with Gasteiger partial charge in [0, 0.05) is 24.7 Å². The van der Waals surface area contributed by atoms with Crippen LogP contribution >= 0.6 is 0 Å². The molecule has 28 heavy (non-hydrogen) atoms. The number of carbonyl (C=O) groups excluding carboxylic acids is 1. The minimum absolute atomic E-state index is 0.137. The maximum atomic E-state index is 12.5. The summed E-state index contributed by atoms with van der Waals surface area (Å²) >= 11 is 0. The fourth-order valence-corrected chi connectivity index (χ4v) is 3.26. The Labute approximate surface area is 162 Å². The van der Waals surface area contributed by atoms with Crippen LogP contribution in [0.15, 0.2) is 54.9 Å². The lowest BCUT2D eigenvalue weighted by atomic mass is 10.1. The van der Waals surface area contributed by atoms with E-state index in [4.69, 9.17) is 5.73 Å². The highest BCUT2D eigenvalue weighted by atomic mass is 16.1. The maximum Gasteiger partial charge on any atom is 0.255 e. The smallest absolute Gasteiger partial charge is 0.255 e. The fraction of sp³-hybridized carbons (Fsp3) is 0.143. The average molecular weight is 372 g/mol. The molecule has 3 N–H and O–H groups in total. The van der Waals surface area contributed by atoms with Gasteiger partial charge in [-0.05, 0) is 36.8 Å². The van der Waals surface area contributed by atoms with Crippen LogP contribution in [-0.2, 0) is 13.5 Å². The van der Waals surface area contributed by atoms with Crippen molar-refractivity contribution in [2.45, 2.75) is 13.3 Å². The number of nitrogen functional groups attached to an aromatic ring is 1. The van der Waals surface area contributed by atoms with Crippen LogP contribution in [0, 0.1) is 6.92 Å². The summed E-state index contributed by atoms with van der Waals surface area (Å²) in [4.78, 5) is 20.8. The van der Waals surface area contributed by atoms with Crippen LogP contribution in [0.4, 0.5) is 11.5 Å². The number of benzene rings is 2. The molecule has 0 saturated heterocycles. The number of aryl methyl sites for hydroxylation is 2. The molecule has 0 bridgehead atoms. The SMILES string of the molecule is Cc1cccc(C(=O)Nc2cccc(Cc3nn(C)c4ncnc(N)c34)c2)c1. The lowest BCUT2D eigenvalue weighted by Gasteiger charge is -2.08. The number of fused-ring (bicyclic) bond motifs is 1. The second-order valence-corrected chi connectivity index (χ2v) is 6.73. The molecule has 0 aliphatic carbocycles. The molecule has 0 fully saturated rings. The third-order valence-corrected chi connectivity index (χ3v) is 4.56. The Morgan fingerprint density at radius 3 is 2.79 bits per heavy atom. The molecule has 140 valence electrons. The van der Waals surface area contributed by atoms with E-state index in [1.54, 1.807) is 10.7 Å². The Bertz CT molecular complexity index is 1180. The number of anilines is 2. The van der Waals surface area contributed by atoms with E-state index in [0.29, 0.717) is 23.4 Å². The minimum Gasteiger partial charge on any atom is -0.383 e. The molecular weight excluding hydrogens is 352 g/mol. The standard InChI is InChI=1S/C21H20N6O/c1-13-5-3-7-15(9-13)21(28)25-16-8-4-6-14(10-16)11-17-18-19(22)23-12-24-20(18)27(2)26-17/h3-10,12H,11H2,1-2H3,(H,25,28)(H2,22,23,24). The van der Waals surface area contributed by atoms with Gasteiger partial charge in [-0.15, -0.1) is 0 Å². The predicted octanol–water partition coefficient (Wildman–Crippen LogP) is 3.10. The maximum absolute atomic E-state index is 12.5. The number of hydrogen-bond donors (Lipinski definition) is 2. The molecule has 1 amide bonds. The monoisotopic (exact) mass is 372 g/mol. The zero-order valence-corrected chi connectivity index (χ0v) is 15.7. The van der Waals surface area contributed by atoms with Gasteiger partial charge in [0.15, 0.2) is 5.65 Å². The third kappa shape index (κ3) is 3.42. The first-order valence-corrected chi connectivity index (χ1v) is 8.90. The highest BCUT2D eigenvalue weighted by Crippen LogP contribution is 2.24. The Morgan fingerprint density at radius 2 is 1.96 bits per heavy atom. The number of rotatable bonds is 4. The molecule has 4 rings (SSSR count). The molecule has 2 aromatic heterocycles. The Kier molecular flexibility index (Phi) is 4.49. The van der Waals surface area contributed by atoms with E-state index in [1.807, 2.05) is 56.4 Å². The normalized spacial score (nSPS) is 10.9. The molecule has 0 atom stereocenters. The van der Waals surface area contributed by atoms with Gasteiger partial charge in [0.25, 0.3) is 5.91 Å². The molecule has 0 saturated carbocycles. The average Bonchev–Trinajstić information content (AvgIpc) is 2.99. The molecule has 0 aliphatic heterocycles. The van der Waals surface area contributed by atoms with Gasteiger partial charge in [-0.1, -0.05) is 29.8 Å². The van der Waals surface area contributed by atoms with Crippen LogP contribution < -0.4 is 11.1 Å². The summed E-state index contributed by atoms with van der Waals surface area (Å²) in [6.07, 6.45) is 1.99. The Morgan fingerprint density at radius 1 is 1.14 bits per heavy atom. The molecule has 7 heteroatoms.